The molecule has 1 rings (SSSR count). The van der Waals surface area contributed by atoms with Gasteiger partial charge in [0, 0.05) is 27.6 Å². The van der Waals surface area contributed by atoms with Gasteiger partial charge in [-0.25, -0.2) is 0 Å². The lowest BCUT2D eigenvalue weighted by atomic mass is 10.2. The van der Waals surface area contributed by atoms with Gasteiger partial charge in [0.15, 0.2) is 0 Å². The standard InChI is InChI=1S/C8H5Cl2IO2/c1-13-7-5(8(11)12)2-4(9)3-6(7)10/h2-3H,1H3. The minimum absolute atomic E-state index is 0.154. The molecule has 5 heteroatoms. The average Bonchev–Trinajstić information content (AvgIpc) is 2.02. The van der Waals surface area contributed by atoms with Crippen LogP contribution >= 0.6 is 45.8 Å². The fourth-order valence-electron chi connectivity index (χ4n) is 0.914. The number of ether oxygens (including phenoxy) is 1. The van der Waals surface area contributed by atoms with Crippen molar-refractivity contribution in [2.24, 2.45) is 0 Å². The van der Waals surface area contributed by atoms with Crippen molar-refractivity contribution in [2.75, 3.05) is 7.11 Å². The molecule has 70 valence electrons. The molecular formula is C8H5Cl2IO2. The quantitative estimate of drug-likeness (QED) is 0.612. The highest BCUT2D eigenvalue weighted by Gasteiger charge is 2.13. The average molecular weight is 331 g/mol. The molecule has 0 atom stereocenters. The zero-order valence-electron chi connectivity index (χ0n) is 6.61. The second-order valence-corrected chi connectivity index (χ2v) is 4.07. The first-order valence-electron chi connectivity index (χ1n) is 3.29. The molecule has 0 unspecified atom stereocenters. The molecule has 0 amide bonds. The fraction of sp³-hybridized carbons (Fsp3) is 0.125. The summed E-state index contributed by atoms with van der Waals surface area (Å²) >= 11 is 13.2. The van der Waals surface area contributed by atoms with Crippen molar-refractivity contribution in [3.63, 3.8) is 0 Å². The van der Waals surface area contributed by atoms with Crippen LogP contribution in [0.25, 0.3) is 0 Å². The molecule has 0 fully saturated rings. The summed E-state index contributed by atoms with van der Waals surface area (Å²) in [6, 6.07) is 3.06. The predicted octanol–water partition coefficient (Wildman–Crippen LogP) is 3.58. The normalized spacial score (nSPS) is 9.85. The van der Waals surface area contributed by atoms with Gasteiger partial charge in [0.25, 0.3) is 0 Å². The van der Waals surface area contributed by atoms with Crippen molar-refractivity contribution in [3.05, 3.63) is 27.7 Å². The molecule has 0 aromatic heterocycles. The van der Waals surface area contributed by atoms with Crippen LogP contribution in [0.4, 0.5) is 0 Å². The van der Waals surface area contributed by atoms with Crippen molar-refractivity contribution < 1.29 is 9.53 Å². The Kier molecular flexibility index (Phi) is 3.82. The first-order valence-corrected chi connectivity index (χ1v) is 5.12. The number of halogens is 3. The predicted molar refractivity (Wildman–Crippen MR) is 61.4 cm³/mol. The first-order chi connectivity index (χ1) is 6.06. The minimum atomic E-state index is -0.154. The highest BCUT2D eigenvalue weighted by molar-refractivity contribution is 14.1. The van der Waals surface area contributed by atoms with Gasteiger partial charge in [0.1, 0.15) is 5.75 Å². The molecule has 0 N–H and O–H groups in total. The molecule has 1 aromatic rings. The molecule has 0 aliphatic carbocycles. The largest absolute Gasteiger partial charge is 0.494 e. The number of carbonyl (C=O) groups is 1. The Hall–Kier alpha value is 0. The van der Waals surface area contributed by atoms with Crippen LogP contribution < -0.4 is 4.74 Å². The van der Waals surface area contributed by atoms with Crippen LogP contribution in [-0.2, 0) is 0 Å². The monoisotopic (exact) mass is 330 g/mol. The van der Waals surface area contributed by atoms with E-state index in [-0.39, 0.29) is 3.79 Å². The molecule has 1 aromatic carbocycles. The van der Waals surface area contributed by atoms with Crippen LogP contribution in [0.5, 0.6) is 5.75 Å². The van der Waals surface area contributed by atoms with E-state index in [1.54, 1.807) is 22.6 Å². The third-order valence-corrected chi connectivity index (χ3v) is 2.50. The number of hydrogen-bond acceptors (Lipinski definition) is 2. The van der Waals surface area contributed by atoms with E-state index in [1.165, 1.54) is 19.2 Å². The molecule has 0 aliphatic rings. The molecule has 0 bridgehead atoms. The number of methoxy groups -OCH3 is 1. The Morgan fingerprint density at radius 3 is 2.54 bits per heavy atom. The molecule has 0 saturated heterocycles. The summed E-state index contributed by atoms with van der Waals surface area (Å²) in [7, 11) is 1.46. The topological polar surface area (TPSA) is 26.3 Å². The molecule has 0 heterocycles. The zero-order valence-corrected chi connectivity index (χ0v) is 10.3. The third kappa shape index (κ3) is 2.48. The molecule has 0 saturated carbocycles. The van der Waals surface area contributed by atoms with E-state index < -0.39 is 0 Å². The summed E-state index contributed by atoms with van der Waals surface area (Å²) in [5.41, 5.74) is 0.389. The van der Waals surface area contributed by atoms with E-state index in [9.17, 15) is 4.79 Å². The van der Waals surface area contributed by atoms with E-state index in [0.29, 0.717) is 21.4 Å². The minimum Gasteiger partial charge on any atom is -0.494 e. The Bertz CT molecular complexity index is 352. The van der Waals surface area contributed by atoms with Crippen molar-refractivity contribution in [3.8, 4) is 5.75 Å². The molecule has 0 aliphatic heterocycles. The Morgan fingerprint density at radius 1 is 1.46 bits per heavy atom. The summed E-state index contributed by atoms with van der Waals surface area (Å²) in [6.45, 7) is 0. The van der Waals surface area contributed by atoms with Crippen molar-refractivity contribution in [2.45, 2.75) is 0 Å². The zero-order chi connectivity index (χ0) is 10.0. The Labute approximate surface area is 99.3 Å². The Morgan fingerprint density at radius 2 is 2.08 bits per heavy atom. The highest BCUT2D eigenvalue weighted by Crippen LogP contribution is 2.33. The van der Waals surface area contributed by atoms with E-state index in [1.807, 2.05) is 0 Å². The third-order valence-electron chi connectivity index (χ3n) is 1.42. The lowest BCUT2D eigenvalue weighted by Gasteiger charge is -2.07. The van der Waals surface area contributed by atoms with Crippen LogP contribution in [0.15, 0.2) is 12.1 Å². The van der Waals surface area contributed by atoms with Gasteiger partial charge >= 0.3 is 0 Å². The second-order valence-electron chi connectivity index (χ2n) is 2.24. The molecular weight excluding hydrogens is 326 g/mol. The summed E-state index contributed by atoms with van der Waals surface area (Å²) in [5.74, 6) is 0.366. The van der Waals surface area contributed by atoms with Crippen LogP contribution in [0.3, 0.4) is 0 Å². The smallest absolute Gasteiger partial charge is 0.226 e. The molecule has 2 nitrogen and oxygen atoms in total. The molecule has 0 radical (unpaired) electrons. The van der Waals surface area contributed by atoms with Crippen LogP contribution in [0.2, 0.25) is 10.0 Å². The molecule has 13 heavy (non-hydrogen) atoms. The Balaban J connectivity index is 3.38. The number of benzene rings is 1. The van der Waals surface area contributed by atoms with E-state index in [0.717, 1.165) is 0 Å². The van der Waals surface area contributed by atoms with Gasteiger partial charge in [-0.2, -0.15) is 0 Å². The maximum Gasteiger partial charge on any atom is 0.226 e. The van der Waals surface area contributed by atoms with Gasteiger partial charge in [-0.15, -0.1) is 0 Å². The van der Waals surface area contributed by atoms with Gasteiger partial charge in [-0.3, -0.25) is 4.79 Å². The highest BCUT2D eigenvalue weighted by atomic mass is 127. The lowest BCUT2D eigenvalue weighted by Crippen LogP contribution is -1.95. The maximum absolute atomic E-state index is 11.1. The van der Waals surface area contributed by atoms with Crippen molar-refractivity contribution >= 4 is 49.6 Å². The maximum atomic E-state index is 11.1. The number of hydrogen-bond donors (Lipinski definition) is 0. The first kappa shape index (κ1) is 11.1. The van der Waals surface area contributed by atoms with Gasteiger partial charge in [0.2, 0.25) is 3.79 Å². The van der Waals surface area contributed by atoms with Crippen LogP contribution in [0.1, 0.15) is 10.4 Å². The van der Waals surface area contributed by atoms with Gasteiger partial charge in [-0.1, -0.05) is 23.2 Å². The number of carbonyl (C=O) groups excluding carboxylic acids is 1. The van der Waals surface area contributed by atoms with Crippen molar-refractivity contribution in [1.29, 1.82) is 0 Å². The summed E-state index contributed by atoms with van der Waals surface area (Å²) < 4.78 is 4.82. The second kappa shape index (κ2) is 4.48. The van der Waals surface area contributed by atoms with Crippen LogP contribution in [-0.4, -0.2) is 10.9 Å². The van der Waals surface area contributed by atoms with Crippen molar-refractivity contribution in [1.82, 2.24) is 0 Å². The van der Waals surface area contributed by atoms with E-state index >= 15 is 0 Å². The van der Waals surface area contributed by atoms with Crippen LogP contribution in [0, 0.1) is 0 Å². The SMILES string of the molecule is COc1c(Cl)cc(Cl)cc1C(=O)I. The summed E-state index contributed by atoms with van der Waals surface area (Å²) in [5, 5.41) is 0.765. The van der Waals surface area contributed by atoms with E-state index in [4.69, 9.17) is 27.9 Å². The van der Waals surface area contributed by atoms with E-state index in [2.05, 4.69) is 0 Å². The van der Waals surface area contributed by atoms with Gasteiger partial charge in [-0.05, 0) is 12.1 Å². The lowest BCUT2D eigenvalue weighted by molar-refractivity contribution is 0.110. The summed E-state index contributed by atoms with van der Waals surface area (Å²) in [6.07, 6.45) is 0. The summed E-state index contributed by atoms with van der Waals surface area (Å²) in [4.78, 5) is 11.1. The fourth-order valence-corrected chi connectivity index (χ4v) is 1.89. The van der Waals surface area contributed by atoms with Gasteiger partial charge in [0.05, 0.1) is 17.7 Å². The van der Waals surface area contributed by atoms with Gasteiger partial charge < -0.3 is 4.74 Å². The molecule has 0 spiro atoms. The number of rotatable bonds is 2.